The van der Waals surface area contributed by atoms with Crippen molar-refractivity contribution in [2.75, 3.05) is 13.1 Å². The summed E-state index contributed by atoms with van der Waals surface area (Å²) in [6, 6.07) is 6.72. The highest BCUT2D eigenvalue weighted by molar-refractivity contribution is 7.89. The summed E-state index contributed by atoms with van der Waals surface area (Å²) >= 11 is 0. The molecular weight excluding hydrogens is 288 g/mol. The summed E-state index contributed by atoms with van der Waals surface area (Å²) in [6.07, 6.45) is 0.821. The number of nitrogens with two attached hydrogens (primary N) is 1. The first-order valence-corrected chi connectivity index (χ1v) is 8.84. The summed E-state index contributed by atoms with van der Waals surface area (Å²) in [5.74, 6) is -0.0467. The molecule has 1 heterocycles. The predicted octanol–water partition coefficient (Wildman–Crippen LogP) is 1.49. The number of hydrogen-bond donors (Lipinski definition) is 2. The Morgan fingerprint density at radius 2 is 2.19 bits per heavy atom. The number of piperidine rings is 1. The van der Waals surface area contributed by atoms with Crippen molar-refractivity contribution in [3.8, 4) is 0 Å². The second-order valence-corrected chi connectivity index (χ2v) is 7.72. The van der Waals surface area contributed by atoms with E-state index in [2.05, 4.69) is 0 Å². The Labute approximate surface area is 126 Å². The molecule has 2 rings (SSSR count). The molecule has 1 fully saturated rings. The first kappa shape index (κ1) is 16.4. The minimum atomic E-state index is -3.52. The number of nitrogens with zero attached hydrogens (tertiary/aromatic N) is 1. The zero-order valence-corrected chi connectivity index (χ0v) is 13.4. The molecule has 0 spiro atoms. The van der Waals surface area contributed by atoms with Gasteiger partial charge in [-0.2, -0.15) is 4.31 Å². The highest BCUT2D eigenvalue weighted by Gasteiger charge is 2.32. The maximum absolute atomic E-state index is 12.7. The lowest BCUT2D eigenvalue weighted by molar-refractivity contribution is 0.0628. The van der Waals surface area contributed by atoms with E-state index >= 15 is 0 Å². The fourth-order valence-electron chi connectivity index (χ4n) is 2.60. The van der Waals surface area contributed by atoms with E-state index in [4.69, 9.17) is 5.73 Å². The van der Waals surface area contributed by atoms with Crippen LogP contribution in [-0.4, -0.2) is 37.0 Å². The minimum Gasteiger partial charge on any atom is -0.393 e. The lowest BCUT2D eigenvalue weighted by Crippen LogP contribution is -2.44. The molecule has 0 aliphatic carbocycles. The van der Waals surface area contributed by atoms with E-state index in [1.807, 2.05) is 19.9 Å². The molecule has 0 radical (unpaired) electrons. The van der Waals surface area contributed by atoms with Crippen LogP contribution in [-0.2, 0) is 10.0 Å². The summed E-state index contributed by atoms with van der Waals surface area (Å²) in [6.45, 7) is 4.56. The van der Waals surface area contributed by atoms with Gasteiger partial charge in [0.05, 0.1) is 11.0 Å². The molecule has 0 saturated carbocycles. The third-order valence-electron chi connectivity index (χ3n) is 4.19. The highest BCUT2D eigenvalue weighted by atomic mass is 32.2. The Balaban J connectivity index is 2.27. The van der Waals surface area contributed by atoms with Crippen molar-refractivity contribution < 1.29 is 13.5 Å². The molecule has 3 unspecified atom stereocenters. The largest absolute Gasteiger partial charge is 0.393 e. The molecule has 5 nitrogen and oxygen atoms in total. The van der Waals surface area contributed by atoms with Crippen molar-refractivity contribution in [2.45, 2.75) is 43.7 Å². The normalized spacial score (nSPS) is 25.7. The molecule has 1 aliphatic rings. The Hall–Kier alpha value is -0.950. The van der Waals surface area contributed by atoms with E-state index in [0.717, 1.165) is 12.0 Å². The lowest BCUT2D eigenvalue weighted by Gasteiger charge is -2.33. The first-order valence-electron chi connectivity index (χ1n) is 7.40. The third-order valence-corrected chi connectivity index (χ3v) is 6.05. The van der Waals surface area contributed by atoms with Crippen LogP contribution in [0.4, 0.5) is 0 Å². The summed E-state index contributed by atoms with van der Waals surface area (Å²) in [4.78, 5) is 0.285. The van der Waals surface area contributed by atoms with Crippen LogP contribution in [0.25, 0.3) is 0 Å². The van der Waals surface area contributed by atoms with Gasteiger partial charge in [0.2, 0.25) is 10.0 Å². The van der Waals surface area contributed by atoms with Gasteiger partial charge in [-0.3, -0.25) is 0 Å². The monoisotopic (exact) mass is 312 g/mol. The van der Waals surface area contributed by atoms with Crippen LogP contribution in [0.3, 0.4) is 0 Å². The zero-order chi connectivity index (χ0) is 15.6. The topological polar surface area (TPSA) is 83.6 Å². The van der Waals surface area contributed by atoms with Crippen LogP contribution in [0.5, 0.6) is 0 Å². The van der Waals surface area contributed by atoms with Gasteiger partial charge in [0.25, 0.3) is 0 Å². The number of hydrogen-bond acceptors (Lipinski definition) is 4. The van der Waals surface area contributed by atoms with Gasteiger partial charge in [-0.05, 0) is 36.5 Å². The molecule has 0 aromatic heterocycles. The van der Waals surface area contributed by atoms with Gasteiger partial charge in [-0.15, -0.1) is 0 Å². The Morgan fingerprint density at radius 3 is 2.81 bits per heavy atom. The minimum absolute atomic E-state index is 0.0467. The van der Waals surface area contributed by atoms with Crippen molar-refractivity contribution >= 4 is 10.0 Å². The van der Waals surface area contributed by atoms with Crippen molar-refractivity contribution in [1.82, 2.24) is 4.31 Å². The van der Waals surface area contributed by atoms with Crippen LogP contribution >= 0.6 is 0 Å². The number of sulfonamides is 1. The Morgan fingerprint density at radius 1 is 1.48 bits per heavy atom. The van der Waals surface area contributed by atoms with Gasteiger partial charge in [-0.1, -0.05) is 26.0 Å². The van der Waals surface area contributed by atoms with Crippen LogP contribution < -0.4 is 5.73 Å². The predicted molar refractivity (Wildman–Crippen MR) is 82.2 cm³/mol. The quantitative estimate of drug-likeness (QED) is 0.882. The van der Waals surface area contributed by atoms with Gasteiger partial charge in [0, 0.05) is 19.1 Å². The van der Waals surface area contributed by atoms with E-state index in [0.29, 0.717) is 19.5 Å². The Bertz CT molecular complexity index is 588. The molecule has 21 heavy (non-hydrogen) atoms. The van der Waals surface area contributed by atoms with E-state index < -0.39 is 16.1 Å². The zero-order valence-electron chi connectivity index (χ0n) is 12.6. The summed E-state index contributed by atoms with van der Waals surface area (Å²) in [7, 11) is -3.52. The van der Waals surface area contributed by atoms with Crippen molar-refractivity contribution in [1.29, 1.82) is 0 Å². The van der Waals surface area contributed by atoms with Crippen LogP contribution in [0.15, 0.2) is 29.2 Å². The van der Waals surface area contributed by atoms with Gasteiger partial charge in [0.1, 0.15) is 0 Å². The van der Waals surface area contributed by atoms with E-state index in [9.17, 15) is 13.5 Å². The molecule has 3 N–H and O–H groups in total. The lowest BCUT2D eigenvalue weighted by atomic mass is 9.99. The summed E-state index contributed by atoms with van der Waals surface area (Å²) in [5.41, 5.74) is 6.82. The standard InChI is InChI=1S/C15H24N2O3S/c1-3-14(16)12-5-4-6-13(9-12)21(19,20)17-8-7-15(18)11(2)10-17/h4-6,9,11,14-15,18H,3,7-8,10,16H2,1-2H3. The highest BCUT2D eigenvalue weighted by Crippen LogP contribution is 2.25. The van der Waals surface area contributed by atoms with E-state index in [-0.39, 0.29) is 16.9 Å². The van der Waals surface area contributed by atoms with Gasteiger partial charge >= 0.3 is 0 Å². The van der Waals surface area contributed by atoms with Crippen LogP contribution in [0.1, 0.15) is 38.3 Å². The fraction of sp³-hybridized carbons (Fsp3) is 0.600. The molecule has 1 aromatic carbocycles. The fourth-order valence-corrected chi connectivity index (χ4v) is 4.21. The summed E-state index contributed by atoms with van der Waals surface area (Å²) in [5, 5.41) is 9.74. The molecule has 1 aromatic rings. The average Bonchev–Trinajstić information content (AvgIpc) is 2.49. The third kappa shape index (κ3) is 3.45. The number of rotatable bonds is 4. The number of benzene rings is 1. The molecule has 0 bridgehead atoms. The van der Waals surface area contributed by atoms with Gasteiger partial charge in [0.15, 0.2) is 0 Å². The maximum atomic E-state index is 12.7. The number of aliphatic hydroxyl groups excluding tert-OH is 1. The first-order chi connectivity index (χ1) is 9.86. The number of aliphatic hydroxyl groups is 1. The molecule has 0 amide bonds. The SMILES string of the molecule is CCC(N)c1cccc(S(=O)(=O)N2CCC(O)C(C)C2)c1. The van der Waals surface area contributed by atoms with Crippen LogP contribution in [0.2, 0.25) is 0 Å². The molecule has 6 heteroatoms. The van der Waals surface area contributed by atoms with Gasteiger partial charge < -0.3 is 10.8 Å². The molecular formula is C15H24N2O3S. The van der Waals surface area contributed by atoms with Crippen molar-refractivity contribution in [3.05, 3.63) is 29.8 Å². The maximum Gasteiger partial charge on any atom is 0.243 e. The van der Waals surface area contributed by atoms with Gasteiger partial charge in [-0.25, -0.2) is 8.42 Å². The van der Waals surface area contributed by atoms with E-state index in [1.54, 1.807) is 18.2 Å². The summed E-state index contributed by atoms with van der Waals surface area (Å²) < 4.78 is 26.9. The second kappa shape index (κ2) is 6.44. The average molecular weight is 312 g/mol. The molecule has 3 atom stereocenters. The Kier molecular flexibility index (Phi) is 5.03. The molecule has 118 valence electrons. The smallest absolute Gasteiger partial charge is 0.243 e. The molecule has 1 aliphatic heterocycles. The van der Waals surface area contributed by atoms with Crippen LogP contribution in [0, 0.1) is 5.92 Å². The van der Waals surface area contributed by atoms with Crippen molar-refractivity contribution in [2.24, 2.45) is 11.7 Å². The van der Waals surface area contributed by atoms with E-state index in [1.165, 1.54) is 4.31 Å². The molecule has 1 saturated heterocycles. The van der Waals surface area contributed by atoms with Crippen molar-refractivity contribution in [3.63, 3.8) is 0 Å². The second-order valence-electron chi connectivity index (χ2n) is 5.78.